The average Bonchev–Trinajstić information content (AvgIpc) is 3.24. The molecule has 2 fully saturated rings. The highest BCUT2D eigenvalue weighted by Crippen LogP contribution is 2.48. The lowest BCUT2D eigenvalue weighted by molar-refractivity contribution is -0.151. The van der Waals surface area contributed by atoms with Crippen LogP contribution in [0.2, 0.25) is 0 Å². The predicted molar refractivity (Wildman–Crippen MR) is 315 cm³/mol. The summed E-state index contributed by atoms with van der Waals surface area (Å²) in [6.45, 7) is 2.02. The van der Waals surface area contributed by atoms with Crippen LogP contribution in [-0.2, 0) is 44.8 Å². The number of aliphatic hydroxyl groups is 1. The van der Waals surface area contributed by atoms with E-state index in [4.69, 9.17) is 36.2 Å². The summed E-state index contributed by atoms with van der Waals surface area (Å²) in [5.74, 6) is -1.44. The number of imide groups is 1. The molecule has 1 aliphatic carbocycles. The number of fused-ring (bicyclic) bond motifs is 5. The number of carbonyl (C=O) groups excluding carboxylic acids is 7. The second-order valence-corrected chi connectivity index (χ2v) is 22.9. The fraction of sp³-hybridized carbons (Fsp3) is 0.483. The zero-order valence-corrected chi connectivity index (χ0v) is 48.9. The van der Waals surface area contributed by atoms with Gasteiger partial charge in [-0.2, -0.15) is 0 Å². The number of hydroxylamine groups is 1. The van der Waals surface area contributed by atoms with Crippen LogP contribution in [0.3, 0.4) is 0 Å². The Bertz CT molecular complexity index is 3140. The number of alkyl halides is 1. The highest BCUT2D eigenvalue weighted by atomic mass is 35.5. The van der Waals surface area contributed by atoms with E-state index in [9.17, 15) is 48.1 Å². The molecule has 7 amide bonds. The van der Waals surface area contributed by atoms with Crippen molar-refractivity contribution in [3.05, 3.63) is 95.6 Å². The number of nitrogens with zero attached hydrogens (tertiary/aromatic N) is 4. The molecule has 0 spiro atoms. The van der Waals surface area contributed by atoms with Crippen LogP contribution in [0.5, 0.6) is 17.2 Å². The number of unbranched alkanes of at least 4 members (excludes halogenated alkanes) is 5. The van der Waals surface area contributed by atoms with Gasteiger partial charge < -0.3 is 55.5 Å². The standard InChI is InChI=1S/C60H74ClN8O14P/c1-80-49-32-43-46(33-50(49)81-31-11-2-4-18-51(70)68-36-39(35-61)54-42-15-6-5-14-41(42)48(34-47(54)68)83-84(78)79)69(57(75)45-17-12-30-66(45)56(43)74)82-37-38-19-21-40(22-20-38)64-55(73)44(16-7-8-27-62)65-59(77)60(25-13-26-60)58(76)63-28-9-3-10-29-67-52(71)23-24-53(67)72/h5-6,14-15,19-24,32-34,39,44-45,57,75,84H,2-4,7-13,16-18,25-31,35-37,62H2,1H3,(H,63,76)(H,64,73)(H,65,77)(H,78,79)/t39-,44+,45+,57?/m1/s1. The fourth-order valence-corrected chi connectivity index (χ4v) is 12.4. The van der Waals surface area contributed by atoms with Gasteiger partial charge in [-0.3, -0.25) is 43.3 Å². The van der Waals surface area contributed by atoms with Crippen LogP contribution in [0.25, 0.3) is 10.8 Å². The number of methoxy groups -OCH3 is 1. The Morgan fingerprint density at radius 2 is 1.60 bits per heavy atom. The zero-order valence-electron chi connectivity index (χ0n) is 47.1. The van der Waals surface area contributed by atoms with Gasteiger partial charge in [-0.05, 0) is 125 Å². The number of amides is 7. The summed E-state index contributed by atoms with van der Waals surface area (Å²) in [6, 6.07) is 17.6. The van der Waals surface area contributed by atoms with Crippen LogP contribution >= 0.6 is 19.9 Å². The maximum Gasteiger partial charge on any atom is 0.365 e. The smallest absolute Gasteiger partial charge is 0.365 e. The minimum atomic E-state index is -3.32. The van der Waals surface area contributed by atoms with Crippen molar-refractivity contribution in [3.63, 3.8) is 0 Å². The molecule has 0 aromatic heterocycles. The Hall–Kier alpha value is -7.07. The third-order valence-electron chi connectivity index (χ3n) is 16.5. The molecule has 24 heteroatoms. The van der Waals surface area contributed by atoms with Gasteiger partial charge in [0.1, 0.15) is 23.8 Å². The van der Waals surface area contributed by atoms with Gasteiger partial charge in [0.15, 0.2) is 17.7 Å². The maximum atomic E-state index is 14.2. The highest BCUT2D eigenvalue weighted by molar-refractivity contribution is 7.32. The summed E-state index contributed by atoms with van der Waals surface area (Å²) in [6.07, 6.45) is 9.13. The van der Waals surface area contributed by atoms with E-state index in [0.717, 1.165) is 10.9 Å². The summed E-state index contributed by atoms with van der Waals surface area (Å²) in [4.78, 5) is 113. The van der Waals surface area contributed by atoms with Gasteiger partial charge in [0, 0.05) is 79.8 Å². The Labute approximate surface area is 493 Å². The van der Waals surface area contributed by atoms with Crippen LogP contribution in [0.4, 0.5) is 17.1 Å². The SMILES string of the molecule is COc1cc2c(cc1OCCCCCC(=O)N1C[C@@H](CCl)c3c1cc(O[PH](=O)O)c1ccccc31)N(OCc1ccc(NC(=O)[C@H](CCCCN)NC(=O)C3(C(=O)NCCCCCN4C(=O)C=CC4=O)CCC3)cc1)C(O)[C@@H]1CCCN1C2=O. The van der Waals surface area contributed by atoms with Crippen molar-refractivity contribution in [2.24, 2.45) is 11.1 Å². The largest absolute Gasteiger partial charge is 0.493 e. The summed E-state index contributed by atoms with van der Waals surface area (Å²) in [5, 5.41) is 23.4. The van der Waals surface area contributed by atoms with Crippen molar-refractivity contribution in [1.29, 1.82) is 0 Å². The van der Waals surface area contributed by atoms with E-state index >= 15 is 0 Å². The van der Waals surface area contributed by atoms with Crippen molar-refractivity contribution in [2.45, 2.75) is 127 Å². The number of benzene rings is 4. The van der Waals surface area contributed by atoms with Gasteiger partial charge in [-0.15, -0.1) is 11.6 Å². The Balaban J connectivity index is 0.795. The molecule has 5 atom stereocenters. The average molecular weight is 1200 g/mol. The molecular weight excluding hydrogens is 1120 g/mol. The van der Waals surface area contributed by atoms with Crippen LogP contribution in [0.1, 0.15) is 124 Å². The number of nitrogens with two attached hydrogens (primary N) is 1. The summed E-state index contributed by atoms with van der Waals surface area (Å²) < 4.78 is 29.1. The normalized spacial score (nSPS) is 19.3. The Kier molecular flexibility index (Phi) is 20.7. The maximum absolute atomic E-state index is 14.2. The molecule has 84 heavy (non-hydrogen) atoms. The first-order chi connectivity index (χ1) is 40.7. The van der Waals surface area contributed by atoms with E-state index in [0.29, 0.717) is 156 Å². The fourth-order valence-electron chi connectivity index (χ4n) is 11.8. The molecule has 4 aromatic carbocycles. The molecule has 4 heterocycles. The molecule has 5 aliphatic rings. The third kappa shape index (κ3) is 13.7. The van der Waals surface area contributed by atoms with Gasteiger partial charge in [0.05, 0.1) is 36.7 Å². The molecule has 2 unspecified atom stereocenters. The topological polar surface area (TPSA) is 289 Å². The van der Waals surface area contributed by atoms with E-state index in [1.54, 1.807) is 52.3 Å². The second kappa shape index (κ2) is 28.2. The molecule has 1 saturated heterocycles. The van der Waals surface area contributed by atoms with E-state index in [1.165, 1.54) is 29.2 Å². The number of hydrogen-bond donors (Lipinski definition) is 6. The van der Waals surface area contributed by atoms with Crippen LogP contribution in [0, 0.1) is 5.41 Å². The lowest BCUT2D eigenvalue weighted by atomic mass is 9.67. The minimum absolute atomic E-state index is 0.0433. The first-order valence-electron chi connectivity index (χ1n) is 29.0. The molecule has 4 aliphatic heterocycles. The Morgan fingerprint density at radius 1 is 0.857 bits per heavy atom. The number of hydrogen-bond acceptors (Lipinski definition) is 15. The quantitative estimate of drug-likeness (QED) is 0.0108. The minimum Gasteiger partial charge on any atom is -0.493 e. The molecule has 450 valence electrons. The number of ether oxygens (including phenoxy) is 2. The van der Waals surface area contributed by atoms with Crippen LogP contribution in [-0.4, -0.2) is 132 Å². The Morgan fingerprint density at radius 3 is 2.30 bits per heavy atom. The lowest BCUT2D eigenvalue weighted by Crippen LogP contribution is -2.58. The van der Waals surface area contributed by atoms with E-state index in [2.05, 4.69) is 16.0 Å². The van der Waals surface area contributed by atoms with Crippen LogP contribution < -0.4 is 45.6 Å². The third-order valence-corrected chi connectivity index (χ3v) is 17.2. The monoisotopic (exact) mass is 1200 g/mol. The van der Waals surface area contributed by atoms with E-state index < -0.39 is 49.7 Å². The highest BCUT2D eigenvalue weighted by Gasteiger charge is 2.51. The van der Waals surface area contributed by atoms with E-state index in [-0.39, 0.29) is 72.1 Å². The summed E-state index contributed by atoms with van der Waals surface area (Å²) >= 11 is 6.43. The molecule has 0 bridgehead atoms. The second-order valence-electron chi connectivity index (χ2n) is 21.9. The van der Waals surface area contributed by atoms with Gasteiger partial charge in [-0.25, -0.2) is 9.63 Å². The van der Waals surface area contributed by atoms with Crippen LogP contribution in [0.15, 0.2) is 78.9 Å². The van der Waals surface area contributed by atoms with Crippen molar-refractivity contribution in [1.82, 2.24) is 20.4 Å². The van der Waals surface area contributed by atoms with Crippen molar-refractivity contribution in [3.8, 4) is 17.2 Å². The number of nitrogens with one attached hydrogen (secondary N) is 3. The first kappa shape index (κ1) is 61.5. The lowest BCUT2D eigenvalue weighted by Gasteiger charge is -2.39. The molecule has 1 saturated carbocycles. The number of rotatable bonds is 29. The predicted octanol–water partition coefficient (Wildman–Crippen LogP) is 6.73. The van der Waals surface area contributed by atoms with Crippen molar-refractivity contribution >= 4 is 89.0 Å². The van der Waals surface area contributed by atoms with Gasteiger partial charge in [-0.1, -0.05) is 42.8 Å². The molecule has 4 aromatic rings. The number of halogens is 1. The molecule has 7 N–H and O–H groups in total. The van der Waals surface area contributed by atoms with Crippen molar-refractivity contribution in [2.75, 3.05) is 67.6 Å². The first-order valence-corrected chi connectivity index (χ1v) is 30.8. The number of anilines is 3. The molecule has 22 nitrogen and oxygen atoms in total. The molecule has 0 radical (unpaired) electrons. The number of aliphatic hydroxyl groups excluding tert-OH is 1. The van der Waals surface area contributed by atoms with E-state index in [1.807, 2.05) is 24.3 Å². The number of carbonyl (C=O) groups is 7. The summed E-state index contributed by atoms with van der Waals surface area (Å²) in [5.41, 5.74) is 7.64. The van der Waals surface area contributed by atoms with Gasteiger partial charge in [0.25, 0.3) is 17.7 Å². The molecular formula is C60H74ClN8O14P. The molecule has 9 rings (SSSR count). The zero-order chi connectivity index (χ0) is 59.5. The van der Waals surface area contributed by atoms with Crippen molar-refractivity contribution < 1.29 is 67.0 Å². The van der Waals surface area contributed by atoms with Gasteiger partial charge in [0.2, 0.25) is 23.6 Å². The van der Waals surface area contributed by atoms with Gasteiger partial charge >= 0.3 is 8.25 Å². The summed E-state index contributed by atoms with van der Waals surface area (Å²) in [7, 11) is -1.84.